The van der Waals surface area contributed by atoms with Gasteiger partial charge in [0.25, 0.3) is 0 Å². The predicted octanol–water partition coefficient (Wildman–Crippen LogP) is 21.7. The van der Waals surface area contributed by atoms with E-state index < -0.39 is 97.5 Å². The van der Waals surface area contributed by atoms with E-state index in [1.165, 1.54) is 173 Å². The van der Waals surface area contributed by atoms with Gasteiger partial charge in [0.2, 0.25) is 0 Å². The van der Waals surface area contributed by atoms with E-state index in [1.807, 2.05) is 0 Å². The van der Waals surface area contributed by atoms with Crippen LogP contribution in [0, 0.1) is 23.7 Å². The molecule has 19 heteroatoms. The molecule has 94 heavy (non-hydrogen) atoms. The highest BCUT2D eigenvalue weighted by atomic mass is 31.2. The summed E-state index contributed by atoms with van der Waals surface area (Å²) in [5, 5.41) is 10.6. The molecule has 0 fully saturated rings. The van der Waals surface area contributed by atoms with Crippen LogP contribution >= 0.6 is 15.6 Å². The van der Waals surface area contributed by atoms with E-state index in [2.05, 4.69) is 55.4 Å². The number of hydrogen-bond acceptors (Lipinski definition) is 15. The molecule has 558 valence electrons. The lowest BCUT2D eigenvalue weighted by Crippen LogP contribution is -2.30. The molecule has 5 atom stereocenters. The Morgan fingerprint density at radius 1 is 0.266 bits per heavy atom. The van der Waals surface area contributed by atoms with Gasteiger partial charge in [-0.15, -0.1) is 0 Å². The Morgan fingerprint density at radius 3 is 0.660 bits per heavy atom. The molecular weight excluding hydrogens is 1230 g/mol. The summed E-state index contributed by atoms with van der Waals surface area (Å²) in [6, 6.07) is 0. The monoisotopic (exact) mass is 1380 g/mol. The molecule has 0 aromatic heterocycles. The van der Waals surface area contributed by atoms with Gasteiger partial charge in [0.05, 0.1) is 26.4 Å². The molecule has 17 nitrogen and oxygen atoms in total. The molecule has 3 N–H and O–H groups in total. The van der Waals surface area contributed by atoms with Crippen molar-refractivity contribution in [3.05, 3.63) is 0 Å². The van der Waals surface area contributed by atoms with Crippen LogP contribution in [0.25, 0.3) is 0 Å². The summed E-state index contributed by atoms with van der Waals surface area (Å²) >= 11 is 0. The van der Waals surface area contributed by atoms with Crippen molar-refractivity contribution in [1.29, 1.82) is 0 Å². The number of rotatable bonds is 72. The van der Waals surface area contributed by atoms with E-state index in [0.29, 0.717) is 31.6 Å². The number of carbonyl (C=O) groups is 4. The largest absolute Gasteiger partial charge is 0.472 e. The van der Waals surface area contributed by atoms with E-state index in [-0.39, 0.29) is 25.7 Å². The number of phosphoric ester groups is 2. The Bertz CT molecular complexity index is 1850. The third-order valence-corrected chi connectivity index (χ3v) is 19.2. The number of aliphatic hydroxyl groups excluding tert-OH is 1. The maximum Gasteiger partial charge on any atom is 0.472 e. The third-order valence-electron chi connectivity index (χ3n) is 17.3. The highest BCUT2D eigenvalue weighted by Gasteiger charge is 2.30. The van der Waals surface area contributed by atoms with Crippen LogP contribution in [0.5, 0.6) is 0 Å². The highest BCUT2D eigenvalue weighted by Crippen LogP contribution is 2.45. The lowest BCUT2D eigenvalue weighted by atomic mass is 10.0. The SMILES string of the molecule is CC(C)CCCCCCCCCCCCCCCCCCC(=O)O[C@H](COC(=O)CCCCCCCCC(C)C)COP(=O)(O)OCC(O)COP(=O)(O)OC[C@@H](COC(=O)CCCCCCCCCCCCCC(C)C)OC(=O)CCCCCCCCCCCC(C)C. The number of phosphoric acid groups is 2. The van der Waals surface area contributed by atoms with Crippen LogP contribution in [0.15, 0.2) is 0 Å². The average Bonchev–Trinajstić information content (AvgIpc) is 1.35. The third kappa shape index (κ3) is 68.6. The molecule has 0 aromatic rings. The number of esters is 4. The molecular formula is C75H146O17P2. The summed E-state index contributed by atoms with van der Waals surface area (Å²) < 4.78 is 68.4. The summed E-state index contributed by atoms with van der Waals surface area (Å²) in [4.78, 5) is 72.7. The summed E-state index contributed by atoms with van der Waals surface area (Å²) in [5.74, 6) is 0.871. The molecule has 0 aliphatic rings. The second-order valence-electron chi connectivity index (χ2n) is 28.9. The van der Waals surface area contributed by atoms with Crippen LogP contribution in [0.4, 0.5) is 0 Å². The first-order chi connectivity index (χ1) is 45.1. The van der Waals surface area contributed by atoms with Crippen LogP contribution in [0.1, 0.15) is 376 Å². The topological polar surface area (TPSA) is 237 Å². The van der Waals surface area contributed by atoms with Crippen molar-refractivity contribution in [2.24, 2.45) is 23.7 Å². The molecule has 3 unspecified atom stereocenters. The van der Waals surface area contributed by atoms with E-state index in [9.17, 15) is 43.2 Å². The van der Waals surface area contributed by atoms with Crippen molar-refractivity contribution >= 4 is 39.5 Å². The molecule has 0 aliphatic heterocycles. The average molecular weight is 1380 g/mol. The Kier molecular flexibility index (Phi) is 63.1. The van der Waals surface area contributed by atoms with Gasteiger partial charge in [0.15, 0.2) is 12.2 Å². The van der Waals surface area contributed by atoms with Gasteiger partial charge in [-0.05, 0) is 49.4 Å². The van der Waals surface area contributed by atoms with Gasteiger partial charge < -0.3 is 33.8 Å². The lowest BCUT2D eigenvalue weighted by molar-refractivity contribution is -0.161. The van der Waals surface area contributed by atoms with Gasteiger partial charge in [-0.3, -0.25) is 37.3 Å². The zero-order valence-corrected chi connectivity index (χ0v) is 63.4. The first-order valence-corrected chi connectivity index (χ1v) is 41.7. The molecule has 0 bridgehead atoms. The van der Waals surface area contributed by atoms with Crippen molar-refractivity contribution in [1.82, 2.24) is 0 Å². The number of ether oxygens (including phenoxy) is 4. The van der Waals surface area contributed by atoms with E-state index in [1.54, 1.807) is 0 Å². The van der Waals surface area contributed by atoms with E-state index in [4.69, 9.17) is 37.0 Å². The van der Waals surface area contributed by atoms with Crippen molar-refractivity contribution in [3.63, 3.8) is 0 Å². The minimum Gasteiger partial charge on any atom is -0.462 e. The quantitative estimate of drug-likeness (QED) is 0.0222. The fraction of sp³-hybridized carbons (Fsp3) is 0.947. The number of carbonyl (C=O) groups excluding carboxylic acids is 4. The highest BCUT2D eigenvalue weighted by molar-refractivity contribution is 7.47. The number of aliphatic hydroxyl groups is 1. The van der Waals surface area contributed by atoms with Crippen LogP contribution < -0.4 is 0 Å². The smallest absolute Gasteiger partial charge is 0.462 e. The van der Waals surface area contributed by atoms with Crippen LogP contribution in [-0.4, -0.2) is 96.7 Å². The van der Waals surface area contributed by atoms with Crippen LogP contribution in [-0.2, 0) is 65.4 Å². The Hall–Kier alpha value is -1.94. The van der Waals surface area contributed by atoms with E-state index >= 15 is 0 Å². The zero-order valence-electron chi connectivity index (χ0n) is 61.6. The molecule has 0 spiro atoms. The van der Waals surface area contributed by atoms with Crippen molar-refractivity contribution in [3.8, 4) is 0 Å². The van der Waals surface area contributed by atoms with Gasteiger partial charge in [0.1, 0.15) is 19.3 Å². The second-order valence-corrected chi connectivity index (χ2v) is 31.9. The van der Waals surface area contributed by atoms with Gasteiger partial charge in [-0.2, -0.15) is 0 Å². The first kappa shape index (κ1) is 92.1. The van der Waals surface area contributed by atoms with Gasteiger partial charge >= 0.3 is 39.5 Å². The fourth-order valence-corrected chi connectivity index (χ4v) is 13.0. The minimum atomic E-state index is -4.96. The summed E-state index contributed by atoms with van der Waals surface area (Å²) in [6.45, 7) is 14.1. The molecule has 0 saturated carbocycles. The lowest BCUT2D eigenvalue weighted by Gasteiger charge is -2.21. The Morgan fingerprint density at radius 2 is 0.447 bits per heavy atom. The first-order valence-electron chi connectivity index (χ1n) is 38.7. The molecule has 0 aliphatic carbocycles. The predicted molar refractivity (Wildman–Crippen MR) is 381 cm³/mol. The summed E-state index contributed by atoms with van der Waals surface area (Å²) in [7, 11) is -9.91. The normalized spacial score (nSPS) is 14.2. The van der Waals surface area contributed by atoms with Crippen LogP contribution in [0.2, 0.25) is 0 Å². The number of unbranched alkanes of at least 4 members (excludes halogenated alkanes) is 38. The van der Waals surface area contributed by atoms with E-state index in [0.717, 1.165) is 114 Å². The molecule has 0 amide bonds. The van der Waals surface area contributed by atoms with Gasteiger partial charge in [-0.1, -0.05) is 325 Å². The zero-order chi connectivity index (χ0) is 69.6. The Labute approximate surface area is 575 Å². The maximum atomic E-state index is 13.0. The fourth-order valence-electron chi connectivity index (χ4n) is 11.4. The van der Waals surface area contributed by atoms with Crippen LogP contribution in [0.3, 0.4) is 0 Å². The number of hydrogen-bond donors (Lipinski definition) is 3. The second kappa shape index (κ2) is 64.4. The minimum absolute atomic E-state index is 0.105. The molecule has 0 heterocycles. The molecule has 0 radical (unpaired) electrons. The molecule has 0 rings (SSSR count). The maximum absolute atomic E-state index is 13.0. The van der Waals surface area contributed by atoms with Crippen molar-refractivity contribution in [2.45, 2.75) is 395 Å². The summed E-state index contributed by atoms with van der Waals surface area (Å²) in [6.07, 6.45) is 48.8. The summed E-state index contributed by atoms with van der Waals surface area (Å²) in [5.41, 5.74) is 0. The Balaban J connectivity index is 5.20. The molecule has 0 aromatic carbocycles. The van der Waals surface area contributed by atoms with Crippen molar-refractivity contribution in [2.75, 3.05) is 39.6 Å². The van der Waals surface area contributed by atoms with Gasteiger partial charge in [0, 0.05) is 25.7 Å². The standard InChI is InChI=1S/C75H146O17P2/c1-65(2)51-43-35-27-21-16-13-11-9-10-12-14-18-25-31-41-49-57-74(79)92-71(62-86-73(78)56-48-40-34-33-38-46-54-68(7)8)64-90-94(83,84)88-60-69(76)59-87-93(81,82)89-63-70(91-75(80)58-50-42-32-26-20-23-29-37-45-53-67(5)6)61-85-72(77)55-47-39-30-24-19-15-17-22-28-36-44-52-66(3)4/h65-71,76H,9-64H2,1-8H3,(H,81,82)(H,83,84)/t69?,70-,71-/m1/s1. The molecule has 0 saturated heterocycles. The van der Waals surface area contributed by atoms with Gasteiger partial charge in [-0.25, -0.2) is 9.13 Å². The van der Waals surface area contributed by atoms with Crippen molar-refractivity contribution < 1.29 is 80.2 Å².